The second kappa shape index (κ2) is 7.52. The fourth-order valence-electron chi connectivity index (χ4n) is 1.15. The number of alkyl halides is 14. The van der Waals surface area contributed by atoms with Crippen molar-refractivity contribution in [1.82, 2.24) is 0 Å². The summed E-state index contributed by atoms with van der Waals surface area (Å²) in [5.41, 5.74) is 0. The Balaban J connectivity index is 6.53. The summed E-state index contributed by atoms with van der Waals surface area (Å²) in [5, 5.41) is 0. The molecule has 0 saturated heterocycles. The van der Waals surface area contributed by atoms with E-state index < -0.39 is 48.4 Å². The number of esters is 1. The number of carbonyl (C=O) groups excluding carboxylic acids is 1. The lowest BCUT2D eigenvalue weighted by Gasteiger charge is -2.38. The van der Waals surface area contributed by atoms with E-state index in [-0.39, 0.29) is 7.11 Å². The van der Waals surface area contributed by atoms with Gasteiger partial charge >= 0.3 is 48.4 Å². The van der Waals surface area contributed by atoms with Crippen LogP contribution >= 0.6 is 0 Å². The molecule has 0 aliphatic rings. The number of halogens is 15. The molecule has 0 aromatic rings. The van der Waals surface area contributed by atoms with Gasteiger partial charge in [0.05, 0.1) is 7.11 Å². The fraction of sp³-hybridized carbons (Fsp3) is 0.889. The second-order valence-electron chi connectivity index (χ2n) is 4.51. The maximum atomic E-state index is 13.6. The summed E-state index contributed by atoms with van der Waals surface area (Å²) in [4.78, 5) is 11.8. The van der Waals surface area contributed by atoms with E-state index in [1.165, 1.54) is 4.74 Å². The molecule has 0 aromatic heterocycles. The smallest absolute Gasteiger partial charge is 0.465 e. The number of hydrogen-bond donors (Lipinski definition) is 0. The third-order valence-electron chi connectivity index (χ3n) is 2.52. The molecular formula is C9H3F15O5. The van der Waals surface area contributed by atoms with Crippen molar-refractivity contribution in [3.63, 3.8) is 0 Å². The monoisotopic (exact) mass is 476 g/mol. The van der Waals surface area contributed by atoms with Gasteiger partial charge in [0, 0.05) is 0 Å². The zero-order valence-corrected chi connectivity index (χ0v) is 12.7. The van der Waals surface area contributed by atoms with Crippen LogP contribution in [-0.4, -0.2) is 55.5 Å². The lowest BCUT2D eigenvalue weighted by Crippen LogP contribution is -2.67. The molecule has 0 fully saturated rings. The summed E-state index contributed by atoms with van der Waals surface area (Å²) in [6.07, 6.45) is -36.7. The summed E-state index contributed by atoms with van der Waals surface area (Å²) in [6.45, 7) is 0. The SMILES string of the molecule is COC(=O)C(F)(OC(F)(F)C(F)(OC(F)(F)C(F)(F)OF)C(F)(F)F)C(F)(F)F. The highest BCUT2D eigenvalue weighted by Crippen LogP contribution is 2.54. The highest BCUT2D eigenvalue weighted by Gasteiger charge is 2.83. The molecule has 0 rings (SSSR count). The third kappa shape index (κ3) is 4.73. The minimum absolute atomic E-state index is 0.167. The van der Waals surface area contributed by atoms with Gasteiger partial charge in [-0.05, 0) is 4.53 Å². The van der Waals surface area contributed by atoms with E-state index in [1.54, 1.807) is 4.74 Å². The van der Waals surface area contributed by atoms with Crippen molar-refractivity contribution in [3.05, 3.63) is 0 Å². The summed E-state index contributed by atoms with van der Waals surface area (Å²) in [7, 11) is -0.167. The molecule has 2 unspecified atom stereocenters. The summed E-state index contributed by atoms with van der Waals surface area (Å²) in [6, 6.07) is 0. The Morgan fingerprint density at radius 2 is 1.03 bits per heavy atom. The third-order valence-corrected chi connectivity index (χ3v) is 2.52. The van der Waals surface area contributed by atoms with E-state index in [0.717, 1.165) is 4.94 Å². The number of ether oxygens (including phenoxy) is 3. The molecular weight excluding hydrogens is 473 g/mol. The van der Waals surface area contributed by atoms with E-state index in [2.05, 4.69) is 4.74 Å². The molecule has 5 nitrogen and oxygen atoms in total. The zero-order valence-electron chi connectivity index (χ0n) is 12.7. The fourth-order valence-corrected chi connectivity index (χ4v) is 1.15. The van der Waals surface area contributed by atoms with Gasteiger partial charge in [-0.1, -0.05) is 0 Å². The van der Waals surface area contributed by atoms with Gasteiger partial charge in [0.1, 0.15) is 0 Å². The highest BCUT2D eigenvalue weighted by atomic mass is 19.4. The van der Waals surface area contributed by atoms with Gasteiger partial charge < -0.3 is 4.74 Å². The Morgan fingerprint density at radius 1 is 0.621 bits per heavy atom. The first-order chi connectivity index (χ1) is 12.5. The Kier molecular flexibility index (Phi) is 7.08. The van der Waals surface area contributed by atoms with Crippen molar-refractivity contribution < 1.29 is 89.9 Å². The topological polar surface area (TPSA) is 54.0 Å². The van der Waals surface area contributed by atoms with Crippen LogP contribution in [0.5, 0.6) is 0 Å². The lowest BCUT2D eigenvalue weighted by molar-refractivity contribution is -0.564. The Morgan fingerprint density at radius 3 is 1.31 bits per heavy atom. The standard InChI is InChI=1S/C9H3F15O5/c1-26-2(25)3(10,5(12,13)14)27-7(18,19)4(11,6(15,16)17)28-8(20,21)9(22,23)29-24/h1H3. The number of rotatable bonds is 8. The van der Waals surface area contributed by atoms with Crippen LogP contribution in [0.1, 0.15) is 0 Å². The predicted octanol–water partition coefficient (Wildman–Crippen LogP) is 4.33. The molecule has 0 aliphatic carbocycles. The molecule has 0 heterocycles. The van der Waals surface area contributed by atoms with Crippen LogP contribution in [-0.2, 0) is 23.9 Å². The van der Waals surface area contributed by atoms with Crippen LogP contribution in [0.25, 0.3) is 0 Å². The Labute approximate surface area is 147 Å². The summed E-state index contributed by atoms with van der Waals surface area (Å²) < 4.78 is 196. The van der Waals surface area contributed by atoms with Gasteiger partial charge in [0.15, 0.2) is 0 Å². The van der Waals surface area contributed by atoms with Crippen LogP contribution in [0.3, 0.4) is 0 Å². The van der Waals surface area contributed by atoms with E-state index in [0.29, 0.717) is 0 Å². The minimum Gasteiger partial charge on any atom is -0.465 e. The predicted molar refractivity (Wildman–Crippen MR) is 51.0 cm³/mol. The molecule has 2 atom stereocenters. The quantitative estimate of drug-likeness (QED) is 0.386. The highest BCUT2D eigenvalue weighted by molar-refractivity contribution is 5.78. The van der Waals surface area contributed by atoms with Crippen molar-refractivity contribution in [3.8, 4) is 0 Å². The van der Waals surface area contributed by atoms with Crippen molar-refractivity contribution >= 4 is 5.97 Å². The van der Waals surface area contributed by atoms with Gasteiger partial charge in [0.25, 0.3) is 0 Å². The van der Waals surface area contributed by atoms with Crippen molar-refractivity contribution in [2.75, 3.05) is 7.11 Å². The minimum atomic E-state index is -7.75. The average Bonchev–Trinajstić information content (AvgIpc) is 2.50. The number of hydrogen-bond acceptors (Lipinski definition) is 5. The van der Waals surface area contributed by atoms with Gasteiger partial charge in [-0.25, -0.2) is 4.79 Å². The Bertz CT molecular complexity index is 600. The van der Waals surface area contributed by atoms with Crippen molar-refractivity contribution in [2.45, 2.75) is 42.4 Å². The second-order valence-corrected chi connectivity index (χ2v) is 4.51. The van der Waals surface area contributed by atoms with Crippen LogP contribution in [0.4, 0.5) is 66.0 Å². The molecule has 0 spiro atoms. The Hall–Kier alpha value is -1.70. The average molecular weight is 476 g/mol. The maximum absolute atomic E-state index is 13.6. The van der Waals surface area contributed by atoms with E-state index >= 15 is 0 Å². The van der Waals surface area contributed by atoms with Crippen molar-refractivity contribution in [1.29, 1.82) is 0 Å². The van der Waals surface area contributed by atoms with Crippen LogP contribution in [0.2, 0.25) is 0 Å². The molecule has 0 bridgehead atoms. The first kappa shape index (κ1) is 27.3. The molecule has 20 heteroatoms. The van der Waals surface area contributed by atoms with E-state index in [4.69, 9.17) is 0 Å². The molecule has 0 N–H and O–H groups in total. The first-order valence-corrected chi connectivity index (χ1v) is 5.89. The van der Waals surface area contributed by atoms with Crippen LogP contribution < -0.4 is 0 Å². The summed E-state index contributed by atoms with van der Waals surface area (Å²) >= 11 is 0. The molecule has 29 heavy (non-hydrogen) atoms. The van der Waals surface area contributed by atoms with E-state index in [9.17, 15) is 70.8 Å². The molecule has 174 valence electrons. The molecule has 0 amide bonds. The lowest BCUT2D eigenvalue weighted by atomic mass is 10.2. The molecule has 0 aromatic carbocycles. The van der Waals surface area contributed by atoms with Gasteiger partial charge in [0.2, 0.25) is 0 Å². The van der Waals surface area contributed by atoms with Gasteiger partial charge in [-0.15, -0.1) is 4.94 Å². The van der Waals surface area contributed by atoms with Crippen LogP contribution in [0, 0.1) is 0 Å². The zero-order chi connectivity index (χ0) is 23.9. The van der Waals surface area contributed by atoms with Gasteiger partial charge in [-0.3, -0.25) is 9.47 Å². The van der Waals surface area contributed by atoms with Crippen LogP contribution in [0.15, 0.2) is 0 Å². The van der Waals surface area contributed by atoms with Gasteiger partial charge in [-0.2, -0.15) is 61.5 Å². The number of methoxy groups -OCH3 is 1. The normalized spacial score (nSPS) is 18.8. The van der Waals surface area contributed by atoms with Crippen molar-refractivity contribution in [2.24, 2.45) is 0 Å². The largest absolute Gasteiger partial charge is 0.478 e. The number of carbonyl (C=O) groups is 1. The summed E-state index contributed by atoms with van der Waals surface area (Å²) in [5.74, 6) is -18.0. The molecule has 0 aliphatic heterocycles. The molecule has 0 radical (unpaired) electrons. The van der Waals surface area contributed by atoms with E-state index in [1.807, 2.05) is 0 Å². The molecule has 0 saturated carbocycles. The maximum Gasteiger partial charge on any atom is 0.478 e. The first-order valence-electron chi connectivity index (χ1n) is 5.89.